The Hall–Kier alpha value is -1.53. The fourth-order valence-electron chi connectivity index (χ4n) is 8.34. The summed E-state index contributed by atoms with van der Waals surface area (Å²) in [6, 6.07) is 19.3. The molecule has 0 heterocycles. The Kier molecular flexibility index (Phi) is 12.9. The molecule has 3 aromatic rings. The summed E-state index contributed by atoms with van der Waals surface area (Å²) < 4.78 is 5.21. The molecule has 0 amide bonds. The van der Waals surface area contributed by atoms with Gasteiger partial charge >= 0.3 is 311 Å². The van der Waals surface area contributed by atoms with Gasteiger partial charge in [0.1, 0.15) is 0 Å². The molecule has 1 unspecified atom stereocenters. The van der Waals surface area contributed by atoms with E-state index < -0.39 is 21.3 Å². The van der Waals surface area contributed by atoms with Gasteiger partial charge in [-0.05, 0) is 0 Å². The first-order chi connectivity index (χ1) is 22.4. The maximum absolute atomic E-state index is 2.81. The average Bonchev–Trinajstić information content (AvgIpc) is 3.56. The molecule has 0 N–H and O–H groups in total. The molecule has 0 saturated heterocycles. The second-order valence-corrected chi connectivity index (χ2v) is 26.6. The molecule has 0 radical (unpaired) electrons. The molecular formula is C48H66Cl2Zr. The summed E-state index contributed by atoms with van der Waals surface area (Å²) in [6.45, 7) is 41.3. The van der Waals surface area contributed by atoms with E-state index in [4.69, 9.17) is 0 Å². The Balaban J connectivity index is 0.00000351. The Morgan fingerprint density at radius 2 is 1.16 bits per heavy atom. The standard InChI is InChI=1S/C29H41.C11H17.C8H8.2ClH.Zr/c1-26(2,3)22-14-18-13-19-15-23(27(4,5)6)25(29(10,11)12)17-21(19)20(18)16-24(22)28(7,8)9;1-5-9-6-7-10(8-9)11(2,3)4;1-2-8-6-4-3-5-7-8;;;/h14,16-17H,13H2,1-12H3;7-9H,5H2,1-4H3;3-7H,1H3;2*1H;/q;;;;;+2/p-2. The van der Waals surface area contributed by atoms with Crippen LogP contribution >= 0.6 is 0 Å². The summed E-state index contributed by atoms with van der Waals surface area (Å²) in [5.41, 5.74) is 15.7. The minimum absolute atomic E-state index is 0. The van der Waals surface area contributed by atoms with Gasteiger partial charge in [-0.2, -0.15) is 0 Å². The number of hydrogen-bond acceptors (Lipinski definition) is 0. The topological polar surface area (TPSA) is 0 Å². The molecule has 1 atom stereocenters. The van der Waals surface area contributed by atoms with Crippen LogP contribution in [-0.4, -0.2) is 3.21 Å². The zero-order chi connectivity index (χ0) is 36.6. The van der Waals surface area contributed by atoms with Gasteiger partial charge in [0.2, 0.25) is 0 Å². The molecule has 51 heavy (non-hydrogen) atoms. The predicted molar refractivity (Wildman–Crippen MR) is 215 cm³/mol. The van der Waals surface area contributed by atoms with E-state index >= 15 is 0 Å². The molecule has 0 aliphatic heterocycles. The third-order valence-electron chi connectivity index (χ3n) is 11.0. The molecule has 3 heteroatoms. The summed E-state index contributed by atoms with van der Waals surface area (Å²) in [7, 11) is 0. The van der Waals surface area contributed by atoms with E-state index in [1.807, 2.05) is 0 Å². The monoisotopic (exact) mass is 802 g/mol. The van der Waals surface area contributed by atoms with E-state index in [0.717, 1.165) is 12.8 Å². The third kappa shape index (κ3) is 8.58. The van der Waals surface area contributed by atoms with Crippen molar-refractivity contribution in [3.63, 3.8) is 0 Å². The van der Waals surface area contributed by atoms with Crippen LogP contribution in [0.1, 0.15) is 163 Å². The Labute approximate surface area is 333 Å². The van der Waals surface area contributed by atoms with Gasteiger partial charge in [-0.3, -0.25) is 0 Å². The smallest absolute Gasteiger partial charge is 1.00 e. The van der Waals surface area contributed by atoms with Gasteiger partial charge in [-0.15, -0.1) is 0 Å². The summed E-state index contributed by atoms with van der Waals surface area (Å²) in [5.74, 6) is 0.507. The van der Waals surface area contributed by atoms with Crippen molar-refractivity contribution in [2.45, 2.75) is 152 Å². The average molecular weight is 805 g/mol. The Bertz CT molecular complexity index is 1870. The van der Waals surface area contributed by atoms with Crippen molar-refractivity contribution in [3.05, 3.63) is 108 Å². The molecule has 0 saturated carbocycles. The van der Waals surface area contributed by atoms with E-state index in [-0.39, 0.29) is 51.9 Å². The molecule has 5 rings (SSSR count). The number of allylic oxidation sites excluding steroid dienone is 4. The van der Waals surface area contributed by atoms with E-state index in [2.05, 4.69) is 178 Å². The Morgan fingerprint density at radius 1 is 0.647 bits per heavy atom. The van der Waals surface area contributed by atoms with E-state index in [9.17, 15) is 0 Å². The second-order valence-electron chi connectivity index (χ2n) is 20.3. The van der Waals surface area contributed by atoms with Gasteiger partial charge in [0.05, 0.1) is 0 Å². The number of rotatable bonds is 4. The van der Waals surface area contributed by atoms with Crippen molar-refractivity contribution in [3.8, 4) is 11.1 Å². The minimum Gasteiger partial charge on any atom is -1.00 e. The quantitative estimate of drug-likeness (QED) is 0.212. The van der Waals surface area contributed by atoms with Gasteiger partial charge in [0.15, 0.2) is 0 Å². The summed E-state index contributed by atoms with van der Waals surface area (Å²) in [4.78, 5) is 0. The van der Waals surface area contributed by atoms with Crippen LogP contribution < -0.4 is 28.1 Å². The van der Waals surface area contributed by atoms with Crippen LogP contribution in [0.15, 0.2) is 69.5 Å². The van der Waals surface area contributed by atoms with E-state index in [1.165, 1.54) is 39.0 Å². The fourth-order valence-corrected chi connectivity index (χ4v) is 17.7. The first-order valence-electron chi connectivity index (χ1n) is 19.0. The number of fused-ring (bicyclic) bond motifs is 3. The van der Waals surface area contributed by atoms with Crippen molar-refractivity contribution in [1.29, 1.82) is 0 Å². The first kappa shape index (κ1) is 43.9. The summed E-state index contributed by atoms with van der Waals surface area (Å²) in [5, 5.41) is 0. The minimum atomic E-state index is -2.81. The number of hydrogen-bond donors (Lipinski definition) is 0. The molecule has 3 aromatic carbocycles. The van der Waals surface area contributed by atoms with Crippen molar-refractivity contribution < 1.29 is 46.1 Å². The number of benzene rings is 3. The molecular weight excluding hydrogens is 739 g/mol. The van der Waals surface area contributed by atoms with Crippen molar-refractivity contribution in [2.24, 2.45) is 11.3 Å². The van der Waals surface area contributed by atoms with Crippen LogP contribution in [-0.2, 0) is 49.3 Å². The first-order valence-corrected chi connectivity index (χ1v) is 22.6. The summed E-state index contributed by atoms with van der Waals surface area (Å²) in [6.07, 6.45) is 7.55. The van der Waals surface area contributed by atoms with Gasteiger partial charge in [-0.25, -0.2) is 0 Å². The van der Waals surface area contributed by atoms with Crippen LogP contribution in [0.25, 0.3) is 11.1 Å². The largest absolute Gasteiger partial charge is 1.00 e. The maximum atomic E-state index is 2.70. The molecule has 276 valence electrons. The molecule has 0 fully saturated rings. The molecule has 0 spiro atoms. The van der Waals surface area contributed by atoms with Gasteiger partial charge in [0, 0.05) is 0 Å². The van der Waals surface area contributed by atoms with Crippen LogP contribution in [0.4, 0.5) is 0 Å². The SMILES string of the molecule is CCC1C=C(C(C)(C)C)C=[C]1/[Zr+2](=[C](\C)c1ccccc1)[c]1c2c(cc(C(C)(C)C)c1C(C)(C)C)-c1cc(C(C)(C)C)c(C(C)(C)C)cc1C2.[Cl-].[Cl-]. The van der Waals surface area contributed by atoms with Crippen LogP contribution in [0.3, 0.4) is 0 Å². The molecule has 2 aliphatic rings. The fraction of sp³-hybridized carbons (Fsp3) is 0.521. The van der Waals surface area contributed by atoms with Gasteiger partial charge in [0.25, 0.3) is 0 Å². The van der Waals surface area contributed by atoms with Crippen LogP contribution in [0.5, 0.6) is 0 Å². The maximum Gasteiger partial charge on any atom is -1.00 e. The van der Waals surface area contributed by atoms with Crippen molar-refractivity contribution in [2.75, 3.05) is 0 Å². The zero-order valence-corrected chi connectivity index (χ0v) is 39.0. The molecule has 2 aliphatic carbocycles. The normalized spacial score (nSPS) is 16.4. The van der Waals surface area contributed by atoms with Crippen molar-refractivity contribution in [1.82, 2.24) is 0 Å². The van der Waals surface area contributed by atoms with Gasteiger partial charge in [-0.1, -0.05) is 0 Å². The van der Waals surface area contributed by atoms with E-state index in [1.54, 1.807) is 26.4 Å². The third-order valence-corrected chi connectivity index (χ3v) is 18.9. The zero-order valence-electron chi connectivity index (χ0n) is 35.0. The molecule has 0 bridgehead atoms. The van der Waals surface area contributed by atoms with E-state index in [0.29, 0.717) is 5.92 Å². The molecule has 0 nitrogen and oxygen atoms in total. The second kappa shape index (κ2) is 15.0. The predicted octanol–water partition coefficient (Wildman–Crippen LogP) is 6.84. The van der Waals surface area contributed by atoms with Crippen molar-refractivity contribution >= 4 is 6.48 Å². The summed E-state index contributed by atoms with van der Waals surface area (Å²) >= 11 is -2.81. The van der Waals surface area contributed by atoms with Crippen LogP contribution in [0.2, 0.25) is 0 Å². The van der Waals surface area contributed by atoms with Crippen LogP contribution in [0, 0.1) is 11.3 Å². The van der Waals surface area contributed by atoms with Gasteiger partial charge < -0.3 is 24.8 Å². The Morgan fingerprint density at radius 3 is 1.63 bits per heavy atom. The number of halogens is 2. The molecule has 0 aromatic heterocycles.